The highest BCUT2D eigenvalue weighted by atomic mass is 16.5. The van der Waals surface area contributed by atoms with Crippen LogP contribution in [0.3, 0.4) is 0 Å². The van der Waals surface area contributed by atoms with Crippen LogP contribution in [0.25, 0.3) is 0 Å². The van der Waals surface area contributed by atoms with Crippen molar-refractivity contribution < 1.29 is 24.9 Å². The van der Waals surface area contributed by atoms with Crippen LogP contribution >= 0.6 is 0 Å². The van der Waals surface area contributed by atoms with Crippen molar-refractivity contribution in [1.29, 1.82) is 0 Å². The number of hydrogen-bond donors (Lipinski definition) is 3. The zero-order valence-electron chi connectivity index (χ0n) is 14.1. The number of hydrogen-bond acceptors (Lipinski definition) is 4. The molecule has 0 aromatic heterocycles. The summed E-state index contributed by atoms with van der Waals surface area (Å²) >= 11 is 0. The van der Waals surface area contributed by atoms with Gasteiger partial charge in [-0.3, -0.25) is 0 Å². The molecule has 0 spiro atoms. The number of methoxy groups -OCH3 is 1. The molecule has 1 rings (SSSR count). The third-order valence-electron chi connectivity index (χ3n) is 3.90. The quantitative estimate of drug-likeness (QED) is 0.479. The van der Waals surface area contributed by atoms with Crippen molar-refractivity contribution in [3.05, 3.63) is 34.9 Å². The molecule has 128 valence electrons. The summed E-state index contributed by atoms with van der Waals surface area (Å²) in [6.45, 7) is 7.41. The van der Waals surface area contributed by atoms with Gasteiger partial charge in [0.2, 0.25) is 0 Å². The SMILES string of the molecule is C=C(C)C(O)Cc1c(OC)cc(CCCCC)c(C(=O)O)c1O. The van der Waals surface area contributed by atoms with E-state index in [0.717, 1.165) is 19.3 Å². The Kier molecular flexibility index (Phi) is 7.10. The van der Waals surface area contributed by atoms with Gasteiger partial charge in [0.1, 0.15) is 17.1 Å². The molecule has 0 heterocycles. The van der Waals surface area contributed by atoms with Crippen LogP contribution in [-0.2, 0) is 12.8 Å². The van der Waals surface area contributed by atoms with E-state index in [1.54, 1.807) is 13.0 Å². The number of aliphatic hydroxyl groups is 1. The van der Waals surface area contributed by atoms with E-state index in [0.29, 0.717) is 28.9 Å². The summed E-state index contributed by atoms with van der Waals surface area (Å²) in [6, 6.07) is 1.65. The van der Waals surface area contributed by atoms with Gasteiger partial charge >= 0.3 is 5.97 Å². The van der Waals surface area contributed by atoms with Crippen LogP contribution in [-0.4, -0.2) is 34.5 Å². The highest BCUT2D eigenvalue weighted by Crippen LogP contribution is 2.36. The Labute approximate surface area is 137 Å². The van der Waals surface area contributed by atoms with Crippen molar-refractivity contribution in [2.24, 2.45) is 0 Å². The number of phenols is 1. The van der Waals surface area contributed by atoms with E-state index < -0.39 is 12.1 Å². The molecule has 0 saturated heterocycles. The first kappa shape index (κ1) is 19.0. The summed E-state index contributed by atoms with van der Waals surface area (Å²) in [7, 11) is 1.46. The maximum atomic E-state index is 11.6. The zero-order valence-corrected chi connectivity index (χ0v) is 14.1. The number of benzene rings is 1. The summed E-state index contributed by atoms with van der Waals surface area (Å²) < 4.78 is 5.29. The maximum Gasteiger partial charge on any atom is 0.339 e. The van der Waals surface area contributed by atoms with E-state index in [-0.39, 0.29) is 17.7 Å². The first-order valence-corrected chi connectivity index (χ1v) is 7.81. The number of rotatable bonds is 9. The highest BCUT2D eigenvalue weighted by molar-refractivity contribution is 5.93. The van der Waals surface area contributed by atoms with Gasteiger partial charge in [0.05, 0.1) is 13.2 Å². The lowest BCUT2D eigenvalue weighted by atomic mass is 9.93. The Morgan fingerprint density at radius 3 is 2.52 bits per heavy atom. The van der Waals surface area contributed by atoms with Crippen molar-refractivity contribution >= 4 is 5.97 Å². The molecule has 1 atom stereocenters. The normalized spacial score (nSPS) is 12.0. The molecule has 0 fully saturated rings. The summed E-state index contributed by atoms with van der Waals surface area (Å²) in [6.07, 6.45) is 2.59. The molecule has 1 aromatic rings. The third kappa shape index (κ3) is 4.73. The van der Waals surface area contributed by atoms with Gasteiger partial charge in [-0.05, 0) is 31.4 Å². The number of carboxylic acids is 1. The average molecular weight is 322 g/mol. The molecule has 0 aliphatic rings. The first-order chi connectivity index (χ1) is 10.8. The molecule has 0 amide bonds. The smallest absolute Gasteiger partial charge is 0.339 e. The van der Waals surface area contributed by atoms with Gasteiger partial charge in [0.25, 0.3) is 0 Å². The fourth-order valence-corrected chi connectivity index (χ4v) is 2.49. The van der Waals surface area contributed by atoms with Crippen molar-refractivity contribution in [3.8, 4) is 11.5 Å². The highest BCUT2D eigenvalue weighted by Gasteiger charge is 2.24. The van der Waals surface area contributed by atoms with Crippen molar-refractivity contribution in [2.45, 2.75) is 52.1 Å². The van der Waals surface area contributed by atoms with E-state index in [2.05, 4.69) is 13.5 Å². The Morgan fingerprint density at radius 1 is 1.39 bits per heavy atom. The molecule has 0 bridgehead atoms. The van der Waals surface area contributed by atoms with E-state index in [9.17, 15) is 20.1 Å². The van der Waals surface area contributed by atoms with E-state index in [1.165, 1.54) is 7.11 Å². The van der Waals surface area contributed by atoms with Crippen LogP contribution in [0, 0.1) is 0 Å². The molecule has 0 aliphatic carbocycles. The van der Waals surface area contributed by atoms with Gasteiger partial charge in [-0.15, -0.1) is 0 Å². The fourth-order valence-electron chi connectivity index (χ4n) is 2.49. The van der Waals surface area contributed by atoms with Crippen LogP contribution in [0.15, 0.2) is 18.2 Å². The standard InChI is InChI=1S/C18H26O5/c1-5-6-7-8-12-9-15(23-4)13(10-14(19)11(2)3)17(20)16(12)18(21)22/h9,14,19-20H,2,5-8,10H2,1,3-4H3,(H,21,22). The number of carboxylic acid groups (broad SMARTS) is 1. The molecule has 0 aliphatic heterocycles. The summed E-state index contributed by atoms with van der Waals surface area (Å²) in [4.78, 5) is 11.6. The molecule has 0 radical (unpaired) electrons. The third-order valence-corrected chi connectivity index (χ3v) is 3.90. The fraction of sp³-hybridized carbons (Fsp3) is 0.500. The number of aromatic hydroxyl groups is 1. The largest absolute Gasteiger partial charge is 0.507 e. The molecule has 0 saturated carbocycles. The second-order valence-electron chi connectivity index (χ2n) is 5.77. The minimum absolute atomic E-state index is 0.0554. The minimum atomic E-state index is -1.18. The van der Waals surface area contributed by atoms with Crippen molar-refractivity contribution in [3.63, 3.8) is 0 Å². The molecule has 23 heavy (non-hydrogen) atoms. The molecule has 1 aromatic carbocycles. The number of unbranched alkanes of at least 4 members (excludes halogenated alkanes) is 2. The second kappa shape index (κ2) is 8.58. The summed E-state index contributed by atoms with van der Waals surface area (Å²) in [5, 5.41) is 29.9. The van der Waals surface area contributed by atoms with Crippen LogP contribution in [0.1, 0.15) is 54.6 Å². The van der Waals surface area contributed by atoms with Crippen molar-refractivity contribution in [2.75, 3.05) is 7.11 Å². The van der Waals surface area contributed by atoms with Gasteiger partial charge in [0, 0.05) is 12.0 Å². The van der Waals surface area contributed by atoms with Crippen LogP contribution in [0.2, 0.25) is 0 Å². The molecule has 3 N–H and O–H groups in total. The summed E-state index contributed by atoms with van der Waals surface area (Å²) in [5.74, 6) is -1.12. The Morgan fingerprint density at radius 2 is 2.04 bits per heavy atom. The number of aromatic carboxylic acids is 1. The average Bonchev–Trinajstić information content (AvgIpc) is 2.49. The van der Waals surface area contributed by atoms with Gasteiger partial charge < -0.3 is 20.1 Å². The van der Waals surface area contributed by atoms with Crippen LogP contribution < -0.4 is 4.74 Å². The topological polar surface area (TPSA) is 87.0 Å². The molecule has 1 unspecified atom stereocenters. The monoisotopic (exact) mass is 322 g/mol. The van der Waals surface area contributed by atoms with Gasteiger partial charge in [-0.25, -0.2) is 4.79 Å². The maximum absolute atomic E-state index is 11.6. The van der Waals surface area contributed by atoms with Gasteiger partial charge in [-0.1, -0.05) is 31.9 Å². The van der Waals surface area contributed by atoms with Crippen LogP contribution in [0.4, 0.5) is 0 Å². The molecular formula is C18H26O5. The Bertz CT molecular complexity index is 577. The second-order valence-corrected chi connectivity index (χ2v) is 5.77. The molecule has 5 nitrogen and oxygen atoms in total. The lowest BCUT2D eigenvalue weighted by molar-refractivity contribution is 0.0692. The number of aryl methyl sites for hydroxylation is 1. The minimum Gasteiger partial charge on any atom is -0.507 e. The number of ether oxygens (including phenoxy) is 1. The van der Waals surface area contributed by atoms with Crippen LogP contribution in [0.5, 0.6) is 11.5 Å². The van der Waals surface area contributed by atoms with Crippen molar-refractivity contribution in [1.82, 2.24) is 0 Å². The van der Waals surface area contributed by atoms with Gasteiger partial charge in [-0.2, -0.15) is 0 Å². The number of aliphatic hydroxyl groups excluding tert-OH is 1. The molecule has 5 heteroatoms. The van der Waals surface area contributed by atoms with E-state index in [1.807, 2.05) is 0 Å². The Balaban J connectivity index is 3.33. The van der Waals surface area contributed by atoms with Gasteiger partial charge in [0.15, 0.2) is 0 Å². The summed E-state index contributed by atoms with van der Waals surface area (Å²) in [5.41, 5.74) is 1.27. The Hall–Kier alpha value is -2.01. The number of carbonyl (C=O) groups is 1. The molecular weight excluding hydrogens is 296 g/mol. The zero-order chi connectivity index (χ0) is 17.6. The van der Waals surface area contributed by atoms with E-state index >= 15 is 0 Å². The predicted molar refractivity (Wildman–Crippen MR) is 89.4 cm³/mol. The lowest BCUT2D eigenvalue weighted by Crippen LogP contribution is -2.14. The predicted octanol–water partition coefficient (Wildman–Crippen LogP) is 3.31. The lowest BCUT2D eigenvalue weighted by Gasteiger charge is -2.18. The first-order valence-electron chi connectivity index (χ1n) is 7.81. The van der Waals surface area contributed by atoms with E-state index in [4.69, 9.17) is 4.74 Å².